The molecule has 108 valence electrons. The fraction of sp³-hybridized carbons (Fsp3) is 0.188. The number of nitrogen functional groups attached to an aromatic ring is 1. The van der Waals surface area contributed by atoms with Crippen molar-refractivity contribution in [2.45, 2.75) is 13.3 Å². The Kier molecular flexibility index (Phi) is 3.64. The molecule has 5 heteroatoms. The topological polar surface area (TPSA) is 73.3 Å². The van der Waals surface area contributed by atoms with Gasteiger partial charge < -0.3 is 20.2 Å². The molecule has 1 aromatic heterocycles. The van der Waals surface area contributed by atoms with Gasteiger partial charge in [-0.15, -0.1) is 0 Å². The van der Waals surface area contributed by atoms with Gasteiger partial charge in [0.2, 0.25) is 0 Å². The molecule has 3 rings (SSSR count). The van der Waals surface area contributed by atoms with Crippen molar-refractivity contribution in [1.29, 1.82) is 0 Å². The van der Waals surface area contributed by atoms with Gasteiger partial charge in [-0.25, -0.2) is 0 Å². The van der Waals surface area contributed by atoms with Crippen molar-refractivity contribution in [3.63, 3.8) is 0 Å². The zero-order chi connectivity index (χ0) is 14.7. The van der Waals surface area contributed by atoms with Crippen LogP contribution in [0.25, 0.3) is 11.1 Å². The number of anilines is 3. The first-order chi connectivity index (χ1) is 10.2. The second-order valence-corrected chi connectivity index (χ2v) is 4.74. The number of ether oxygens (including phenoxy) is 1. The monoisotopic (exact) mass is 283 g/mol. The Morgan fingerprint density at radius 1 is 1.19 bits per heavy atom. The smallest absolute Gasteiger partial charge is 0.300 e. The van der Waals surface area contributed by atoms with Gasteiger partial charge in [-0.05, 0) is 42.8 Å². The van der Waals surface area contributed by atoms with E-state index in [0.29, 0.717) is 17.3 Å². The molecule has 0 aliphatic carbocycles. The molecule has 0 radical (unpaired) electrons. The summed E-state index contributed by atoms with van der Waals surface area (Å²) in [5, 5.41) is 3.12. The number of nitrogens with two attached hydrogens (primary N) is 1. The van der Waals surface area contributed by atoms with Crippen LogP contribution in [0.4, 0.5) is 17.4 Å². The molecule has 3 N–H and O–H groups in total. The van der Waals surface area contributed by atoms with E-state index in [1.165, 1.54) is 0 Å². The Bertz CT molecular complexity index is 735. The highest BCUT2D eigenvalue weighted by atomic mass is 16.5. The number of oxazole rings is 1. The van der Waals surface area contributed by atoms with Gasteiger partial charge in [-0.1, -0.05) is 6.92 Å². The molecule has 0 bridgehead atoms. The van der Waals surface area contributed by atoms with E-state index < -0.39 is 0 Å². The molecule has 0 atom stereocenters. The lowest BCUT2D eigenvalue weighted by molar-refractivity contribution is 0.317. The molecule has 1 heterocycles. The third kappa shape index (κ3) is 3.08. The Morgan fingerprint density at radius 3 is 2.76 bits per heavy atom. The average Bonchev–Trinajstić information content (AvgIpc) is 2.88. The molecule has 0 spiro atoms. The van der Waals surface area contributed by atoms with E-state index >= 15 is 0 Å². The summed E-state index contributed by atoms with van der Waals surface area (Å²) < 4.78 is 11.2. The summed E-state index contributed by atoms with van der Waals surface area (Å²) in [6.07, 6.45) is 0.992. The number of aromatic nitrogens is 1. The molecule has 0 amide bonds. The quantitative estimate of drug-likeness (QED) is 0.694. The average molecular weight is 283 g/mol. The van der Waals surface area contributed by atoms with Crippen molar-refractivity contribution in [2.75, 3.05) is 17.7 Å². The third-order valence-electron chi connectivity index (χ3n) is 2.99. The molecule has 0 unspecified atom stereocenters. The normalized spacial score (nSPS) is 10.7. The second kappa shape index (κ2) is 5.75. The zero-order valence-electron chi connectivity index (χ0n) is 11.8. The molecule has 21 heavy (non-hydrogen) atoms. The van der Waals surface area contributed by atoms with Crippen LogP contribution in [0.5, 0.6) is 5.75 Å². The lowest BCUT2D eigenvalue weighted by Crippen LogP contribution is -1.95. The first-order valence-electron chi connectivity index (χ1n) is 6.90. The Labute approximate surface area is 122 Å². The summed E-state index contributed by atoms with van der Waals surface area (Å²) in [6, 6.07) is 13.5. The predicted molar refractivity (Wildman–Crippen MR) is 83.9 cm³/mol. The lowest BCUT2D eigenvalue weighted by Gasteiger charge is -2.05. The number of rotatable bonds is 5. The first-order valence-corrected chi connectivity index (χ1v) is 6.90. The van der Waals surface area contributed by atoms with Crippen molar-refractivity contribution < 1.29 is 9.15 Å². The summed E-state index contributed by atoms with van der Waals surface area (Å²) >= 11 is 0. The van der Waals surface area contributed by atoms with Crippen molar-refractivity contribution in [3.8, 4) is 5.75 Å². The van der Waals surface area contributed by atoms with E-state index in [0.717, 1.165) is 30.0 Å². The van der Waals surface area contributed by atoms with Gasteiger partial charge in [0.1, 0.15) is 11.3 Å². The summed E-state index contributed by atoms with van der Waals surface area (Å²) in [6.45, 7) is 2.80. The van der Waals surface area contributed by atoms with E-state index in [1.54, 1.807) is 12.1 Å². The van der Waals surface area contributed by atoms with Crippen molar-refractivity contribution >= 4 is 28.5 Å². The summed E-state index contributed by atoms with van der Waals surface area (Å²) in [4.78, 5) is 4.36. The van der Waals surface area contributed by atoms with Crippen LogP contribution >= 0.6 is 0 Å². The van der Waals surface area contributed by atoms with Crippen LogP contribution in [0, 0.1) is 0 Å². The van der Waals surface area contributed by atoms with E-state index in [2.05, 4.69) is 17.2 Å². The van der Waals surface area contributed by atoms with Crippen LogP contribution < -0.4 is 15.8 Å². The molecule has 5 nitrogen and oxygen atoms in total. The highest BCUT2D eigenvalue weighted by Crippen LogP contribution is 2.24. The second-order valence-electron chi connectivity index (χ2n) is 4.74. The maximum Gasteiger partial charge on any atom is 0.300 e. The molecule has 2 aromatic carbocycles. The molecular weight excluding hydrogens is 266 g/mol. The van der Waals surface area contributed by atoms with Gasteiger partial charge >= 0.3 is 0 Å². The minimum atomic E-state index is 0.442. The van der Waals surface area contributed by atoms with Crippen LogP contribution in [0.3, 0.4) is 0 Å². The van der Waals surface area contributed by atoms with E-state index in [-0.39, 0.29) is 0 Å². The van der Waals surface area contributed by atoms with Gasteiger partial charge in [0, 0.05) is 17.4 Å². The summed E-state index contributed by atoms with van der Waals surface area (Å²) in [5.41, 5.74) is 8.70. The van der Waals surface area contributed by atoms with Crippen LogP contribution in [0.15, 0.2) is 46.9 Å². The van der Waals surface area contributed by atoms with Gasteiger partial charge in [-0.2, -0.15) is 4.98 Å². The largest absolute Gasteiger partial charge is 0.494 e. The Hall–Kier alpha value is -2.69. The van der Waals surface area contributed by atoms with Crippen LogP contribution in [-0.2, 0) is 0 Å². The number of hydrogen-bond donors (Lipinski definition) is 2. The molecule has 3 aromatic rings. The minimum Gasteiger partial charge on any atom is -0.494 e. The van der Waals surface area contributed by atoms with E-state index in [9.17, 15) is 0 Å². The Morgan fingerprint density at radius 2 is 2.00 bits per heavy atom. The third-order valence-corrected chi connectivity index (χ3v) is 2.99. The standard InChI is InChI=1S/C16H17N3O2/c1-2-9-20-13-6-4-12(5-7-13)18-16-19-14-8-3-11(17)10-15(14)21-16/h3-8,10H,2,9,17H2,1H3,(H,18,19). The van der Waals surface area contributed by atoms with Gasteiger partial charge in [0.05, 0.1) is 6.61 Å². The summed E-state index contributed by atoms with van der Waals surface area (Å²) in [5.74, 6) is 0.854. The maximum atomic E-state index is 5.72. The SMILES string of the molecule is CCCOc1ccc(Nc2nc3ccc(N)cc3o2)cc1. The number of fused-ring (bicyclic) bond motifs is 1. The molecule has 0 aliphatic rings. The zero-order valence-corrected chi connectivity index (χ0v) is 11.8. The van der Waals surface area contributed by atoms with E-state index in [4.69, 9.17) is 14.9 Å². The lowest BCUT2D eigenvalue weighted by atomic mass is 10.3. The molecule has 0 aliphatic heterocycles. The number of nitrogens with one attached hydrogen (secondary N) is 1. The Balaban J connectivity index is 1.75. The molecule has 0 saturated heterocycles. The predicted octanol–water partition coefficient (Wildman–Crippen LogP) is 3.94. The maximum absolute atomic E-state index is 5.72. The van der Waals surface area contributed by atoms with Crippen LogP contribution in [0.1, 0.15) is 13.3 Å². The molecule has 0 saturated carbocycles. The minimum absolute atomic E-state index is 0.442. The van der Waals surface area contributed by atoms with E-state index in [1.807, 2.05) is 30.3 Å². The van der Waals surface area contributed by atoms with Crippen molar-refractivity contribution in [3.05, 3.63) is 42.5 Å². The number of hydrogen-bond acceptors (Lipinski definition) is 5. The fourth-order valence-corrected chi connectivity index (χ4v) is 1.97. The van der Waals surface area contributed by atoms with Gasteiger partial charge in [0.25, 0.3) is 6.01 Å². The van der Waals surface area contributed by atoms with Gasteiger partial charge in [0.15, 0.2) is 5.58 Å². The number of benzene rings is 2. The fourth-order valence-electron chi connectivity index (χ4n) is 1.97. The van der Waals surface area contributed by atoms with Crippen LogP contribution in [0.2, 0.25) is 0 Å². The molecule has 0 fully saturated rings. The first kappa shape index (κ1) is 13.3. The van der Waals surface area contributed by atoms with Gasteiger partial charge in [-0.3, -0.25) is 0 Å². The highest BCUT2D eigenvalue weighted by Gasteiger charge is 2.06. The number of nitrogens with zero attached hydrogens (tertiary/aromatic N) is 1. The molecular formula is C16H17N3O2. The van der Waals surface area contributed by atoms with Crippen LogP contribution in [-0.4, -0.2) is 11.6 Å². The highest BCUT2D eigenvalue weighted by molar-refractivity contribution is 5.78. The summed E-state index contributed by atoms with van der Waals surface area (Å²) in [7, 11) is 0. The van der Waals surface area contributed by atoms with Crippen molar-refractivity contribution in [2.24, 2.45) is 0 Å². The van der Waals surface area contributed by atoms with Crippen molar-refractivity contribution in [1.82, 2.24) is 4.98 Å².